The third kappa shape index (κ3) is 7.14. The third-order valence-electron chi connectivity index (χ3n) is 3.47. The Balaban J connectivity index is 2.18. The summed E-state index contributed by atoms with van der Waals surface area (Å²) in [6, 6.07) is 10.6. The van der Waals surface area contributed by atoms with Gasteiger partial charge in [0.2, 0.25) is 0 Å². The number of amidine groups is 1. The average Bonchev–Trinajstić information content (AvgIpc) is 2.45. The monoisotopic (exact) mass is 277 g/mol. The van der Waals surface area contributed by atoms with E-state index in [0.717, 1.165) is 32.2 Å². The van der Waals surface area contributed by atoms with Gasteiger partial charge < -0.3 is 16.3 Å². The average molecular weight is 277 g/mol. The zero-order valence-electron chi connectivity index (χ0n) is 12.6. The number of hydrogen-bond donors (Lipinski definition) is 3. The van der Waals surface area contributed by atoms with E-state index >= 15 is 0 Å². The van der Waals surface area contributed by atoms with Gasteiger partial charge in [-0.25, -0.2) is 0 Å². The molecule has 0 fully saturated rings. The molecule has 0 amide bonds. The van der Waals surface area contributed by atoms with Crippen molar-refractivity contribution in [2.75, 3.05) is 6.54 Å². The molecule has 0 heterocycles. The Morgan fingerprint density at radius 2 is 1.95 bits per heavy atom. The first-order chi connectivity index (χ1) is 9.53. The Labute approximate surface area is 122 Å². The van der Waals surface area contributed by atoms with Gasteiger partial charge in [0, 0.05) is 12.0 Å². The number of rotatable bonds is 9. The summed E-state index contributed by atoms with van der Waals surface area (Å²) in [6.45, 7) is 5.43. The predicted molar refractivity (Wildman–Crippen MR) is 84.1 cm³/mol. The molecular formula is C16H27N3O. The summed E-state index contributed by atoms with van der Waals surface area (Å²) in [5, 5.41) is 15.0. The van der Waals surface area contributed by atoms with Crippen molar-refractivity contribution in [1.82, 2.24) is 5.32 Å². The molecular weight excluding hydrogens is 250 g/mol. The van der Waals surface area contributed by atoms with Crippen LogP contribution in [-0.2, 0) is 6.42 Å². The summed E-state index contributed by atoms with van der Waals surface area (Å²) in [5.74, 6) is 0.313. The van der Waals surface area contributed by atoms with Gasteiger partial charge >= 0.3 is 0 Å². The summed E-state index contributed by atoms with van der Waals surface area (Å²) in [5.41, 5.74) is 6.95. The Bertz CT molecular complexity index is 401. The summed E-state index contributed by atoms with van der Waals surface area (Å²) in [4.78, 5) is 0. The minimum atomic E-state index is 0.131. The summed E-state index contributed by atoms with van der Waals surface area (Å²) in [6.07, 6.45) is 4.83. The third-order valence-corrected chi connectivity index (χ3v) is 3.47. The number of nitrogens with zero attached hydrogens (tertiary/aromatic N) is 1. The molecule has 0 saturated carbocycles. The Morgan fingerprint density at radius 3 is 2.60 bits per heavy atom. The maximum atomic E-state index is 8.45. The molecule has 1 aromatic rings. The van der Waals surface area contributed by atoms with E-state index in [-0.39, 0.29) is 5.54 Å². The molecule has 1 rings (SSSR count). The molecule has 1 aromatic carbocycles. The second kappa shape index (κ2) is 8.59. The maximum Gasteiger partial charge on any atom is 0.139 e. The van der Waals surface area contributed by atoms with Crippen LogP contribution in [0.15, 0.2) is 35.5 Å². The molecule has 4 nitrogen and oxygen atoms in total. The van der Waals surface area contributed by atoms with Crippen LogP contribution in [0.25, 0.3) is 0 Å². The van der Waals surface area contributed by atoms with Crippen LogP contribution in [0.4, 0.5) is 0 Å². The second-order valence-electron chi connectivity index (χ2n) is 5.84. The molecule has 0 atom stereocenters. The second-order valence-corrected chi connectivity index (χ2v) is 5.84. The molecule has 0 aliphatic heterocycles. The molecule has 0 bridgehead atoms. The zero-order valence-corrected chi connectivity index (χ0v) is 12.6. The summed E-state index contributed by atoms with van der Waals surface area (Å²) < 4.78 is 0. The molecule has 0 unspecified atom stereocenters. The number of unbranched alkanes of at least 4 members (excludes halogenated alkanes) is 1. The highest BCUT2D eigenvalue weighted by Crippen LogP contribution is 2.13. The van der Waals surface area contributed by atoms with E-state index in [1.165, 1.54) is 5.56 Å². The van der Waals surface area contributed by atoms with Crippen molar-refractivity contribution in [3.8, 4) is 0 Å². The fourth-order valence-electron chi connectivity index (χ4n) is 2.10. The van der Waals surface area contributed by atoms with Crippen molar-refractivity contribution >= 4 is 5.84 Å². The van der Waals surface area contributed by atoms with Gasteiger partial charge in [0.1, 0.15) is 5.84 Å². The summed E-state index contributed by atoms with van der Waals surface area (Å²) in [7, 11) is 0. The van der Waals surface area contributed by atoms with E-state index in [2.05, 4.69) is 48.6 Å². The summed E-state index contributed by atoms with van der Waals surface area (Å²) >= 11 is 0. The fourth-order valence-corrected chi connectivity index (χ4v) is 2.10. The molecule has 0 aliphatic carbocycles. The maximum absolute atomic E-state index is 8.45. The molecule has 0 aliphatic rings. The smallest absolute Gasteiger partial charge is 0.139 e. The molecule has 20 heavy (non-hydrogen) atoms. The van der Waals surface area contributed by atoms with Gasteiger partial charge in [0.05, 0.1) is 0 Å². The highest BCUT2D eigenvalue weighted by molar-refractivity contribution is 5.79. The molecule has 0 radical (unpaired) electrons. The van der Waals surface area contributed by atoms with Gasteiger partial charge in [-0.05, 0) is 51.6 Å². The van der Waals surface area contributed by atoms with Crippen LogP contribution in [0.3, 0.4) is 0 Å². The van der Waals surface area contributed by atoms with Gasteiger partial charge in [-0.3, -0.25) is 0 Å². The fraction of sp³-hybridized carbons (Fsp3) is 0.562. The first-order valence-corrected chi connectivity index (χ1v) is 7.29. The van der Waals surface area contributed by atoms with E-state index in [4.69, 9.17) is 10.9 Å². The van der Waals surface area contributed by atoms with E-state index < -0.39 is 0 Å². The molecule has 4 N–H and O–H groups in total. The number of aryl methyl sites for hydroxylation is 1. The standard InChI is InChI=1S/C16H27N3O/c1-16(2,12-11-14-8-4-3-5-9-14)18-13-7-6-10-15(17)19-20/h3-5,8-9,18,20H,6-7,10-13H2,1-2H3,(H2,17,19). The number of hydrogen-bond acceptors (Lipinski definition) is 3. The normalized spacial score (nSPS) is 12.6. The van der Waals surface area contributed by atoms with Crippen molar-refractivity contribution < 1.29 is 5.21 Å². The molecule has 112 valence electrons. The lowest BCUT2D eigenvalue weighted by Gasteiger charge is -2.26. The van der Waals surface area contributed by atoms with Crippen molar-refractivity contribution in [2.24, 2.45) is 10.9 Å². The minimum Gasteiger partial charge on any atom is -0.409 e. The van der Waals surface area contributed by atoms with Gasteiger partial charge in [0.25, 0.3) is 0 Å². The van der Waals surface area contributed by atoms with Gasteiger partial charge in [-0.1, -0.05) is 35.5 Å². The van der Waals surface area contributed by atoms with Crippen molar-refractivity contribution in [2.45, 2.75) is 51.5 Å². The lowest BCUT2D eigenvalue weighted by atomic mass is 9.95. The first-order valence-electron chi connectivity index (χ1n) is 7.29. The number of nitrogens with two attached hydrogens (primary N) is 1. The SMILES string of the molecule is CC(C)(CCc1ccccc1)NCCCC/C(N)=N/O. The highest BCUT2D eigenvalue weighted by Gasteiger charge is 2.16. The van der Waals surface area contributed by atoms with Crippen LogP contribution in [0.1, 0.15) is 45.1 Å². The van der Waals surface area contributed by atoms with Crippen LogP contribution in [0, 0.1) is 0 Å². The van der Waals surface area contributed by atoms with Crippen LogP contribution in [0.5, 0.6) is 0 Å². The topological polar surface area (TPSA) is 70.6 Å². The molecule has 0 spiro atoms. The number of nitrogens with one attached hydrogen (secondary N) is 1. The molecule has 0 aromatic heterocycles. The van der Waals surface area contributed by atoms with Crippen LogP contribution in [0.2, 0.25) is 0 Å². The minimum absolute atomic E-state index is 0.131. The van der Waals surface area contributed by atoms with Crippen molar-refractivity contribution in [1.29, 1.82) is 0 Å². The van der Waals surface area contributed by atoms with Gasteiger partial charge in [0.15, 0.2) is 0 Å². The van der Waals surface area contributed by atoms with E-state index in [1.54, 1.807) is 0 Å². The molecule has 4 heteroatoms. The Morgan fingerprint density at radius 1 is 1.25 bits per heavy atom. The zero-order chi connectivity index (χ0) is 14.8. The van der Waals surface area contributed by atoms with Crippen molar-refractivity contribution in [3.05, 3.63) is 35.9 Å². The van der Waals surface area contributed by atoms with Gasteiger partial charge in [-0.15, -0.1) is 0 Å². The predicted octanol–water partition coefficient (Wildman–Crippen LogP) is 2.90. The number of benzene rings is 1. The molecule has 0 saturated heterocycles. The largest absolute Gasteiger partial charge is 0.409 e. The van der Waals surface area contributed by atoms with E-state index in [1.807, 2.05) is 6.07 Å². The lowest BCUT2D eigenvalue weighted by molar-refractivity contribution is 0.316. The van der Waals surface area contributed by atoms with Crippen molar-refractivity contribution in [3.63, 3.8) is 0 Å². The van der Waals surface area contributed by atoms with E-state index in [0.29, 0.717) is 12.3 Å². The Hall–Kier alpha value is -1.55. The quantitative estimate of drug-likeness (QED) is 0.214. The number of oxime groups is 1. The van der Waals surface area contributed by atoms with E-state index in [9.17, 15) is 0 Å². The Kier molecular flexibility index (Phi) is 7.09. The van der Waals surface area contributed by atoms with Gasteiger partial charge in [-0.2, -0.15) is 0 Å². The lowest BCUT2D eigenvalue weighted by Crippen LogP contribution is -2.40. The first kappa shape index (κ1) is 16.5. The van der Waals surface area contributed by atoms with Crippen LogP contribution in [-0.4, -0.2) is 23.1 Å². The van der Waals surface area contributed by atoms with Crippen LogP contribution < -0.4 is 11.1 Å². The highest BCUT2D eigenvalue weighted by atomic mass is 16.4. The van der Waals surface area contributed by atoms with Crippen LogP contribution >= 0.6 is 0 Å².